The SMILES string of the molecule is CCC1CCC/C(=C\C=C2/CCCC3(C)C(C/C=C/CC(C)(C)C)CCC23)C1. The summed E-state index contributed by atoms with van der Waals surface area (Å²) < 4.78 is 0. The van der Waals surface area contributed by atoms with Crippen LogP contribution in [0.3, 0.4) is 0 Å². The molecule has 3 saturated carbocycles. The molecule has 4 unspecified atom stereocenters. The first-order valence-corrected chi connectivity index (χ1v) is 12.4. The molecule has 0 aromatic heterocycles. The van der Waals surface area contributed by atoms with Gasteiger partial charge in [-0.1, -0.05) is 76.5 Å². The smallest absolute Gasteiger partial charge is 0.0143 e. The molecule has 0 saturated heterocycles. The maximum Gasteiger partial charge on any atom is -0.0143 e. The molecular formula is C28H46. The van der Waals surface area contributed by atoms with E-state index in [2.05, 4.69) is 58.9 Å². The van der Waals surface area contributed by atoms with E-state index in [0.717, 1.165) is 17.8 Å². The van der Waals surface area contributed by atoms with Crippen LogP contribution >= 0.6 is 0 Å². The molecule has 3 aliphatic carbocycles. The van der Waals surface area contributed by atoms with Crippen LogP contribution < -0.4 is 0 Å². The van der Waals surface area contributed by atoms with Crippen molar-refractivity contribution in [1.82, 2.24) is 0 Å². The van der Waals surface area contributed by atoms with E-state index in [4.69, 9.17) is 0 Å². The summed E-state index contributed by atoms with van der Waals surface area (Å²) in [6.07, 6.45) is 26.6. The Hall–Kier alpha value is -0.780. The summed E-state index contributed by atoms with van der Waals surface area (Å²) in [5.74, 6) is 2.69. The summed E-state index contributed by atoms with van der Waals surface area (Å²) in [6.45, 7) is 12.0. The molecule has 0 amide bonds. The topological polar surface area (TPSA) is 0 Å². The standard InChI is InChI=1S/C28H46/c1-6-22-11-9-12-23(21-22)15-16-24-13-10-20-28(5)25(17-18-26(24)28)14-7-8-19-27(2,3)4/h7-8,15-16,22,25-26H,6,9-14,17-21H2,1-5H3/b8-7+,23-15+,24-16+. The van der Waals surface area contributed by atoms with E-state index in [0.29, 0.717) is 10.8 Å². The van der Waals surface area contributed by atoms with Gasteiger partial charge in [0.25, 0.3) is 0 Å². The van der Waals surface area contributed by atoms with Crippen LogP contribution in [-0.2, 0) is 0 Å². The summed E-state index contributed by atoms with van der Waals surface area (Å²) in [5.41, 5.74) is 4.49. The molecule has 0 aromatic carbocycles. The number of allylic oxidation sites excluding steroid dienone is 6. The van der Waals surface area contributed by atoms with Crippen molar-refractivity contribution < 1.29 is 0 Å². The van der Waals surface area contributed by atoms with Gasteiger partial charge in [-0.25, -0.2) is 0 Å². The van der Waals surface area contributed by atoms with Crippen LogP contribution in [0.4, 0.5) is 0 Å². The van der Waals surface area contributed by atoms with Gasteiger partial charge in [0.05, 0.1) is 0 Å². The lowest BCUT2D eigenvalue weighted by molar-refractivity contribution is 0.137. The molecule has 0 bridgehead atoms. The molecule has 0 heterocycles. The summed E-state index contributed by atoms with van der Waals surface area (Å²) in [6, 6.07) is 0. The summed E-state index contributed by atoms with van der Waals surface area (Å²) in [7, 11) is 0. The number of hydrogen-bond donors (Lipinski definition) is 0. The van der Waals surface area contributed by atoms with Crippen LogP contribution in [0.25, 0.3) is 0 Å². The van der Waals surface area contributed by atoms with Gasteiger partial charge in [-0.05, 0) is 99.2 Å². The Balaban J connectivity index is 1.64. The van der Waals surface area contributed by atoms with Crippen molar-refractivity contribution in [3.8, 4) is 0 Å². The number of fused-ring (bicyclic) bond motifs is 1. The average Bonchev–Trinajstić information content (AvgIpc) is 2.99. The second-order valence-corrected chi connectivity index (χ2v) is 11.6. The van der Waals surface area contributed by atoms with Crippen molar-refractivity contribution in [3.63, 3.8) is 0 Å². The maximum atomic E-state index is 2.63. The summed E-state index contributed by atoms with van der Waals surface area (Å²) in [5, 5.41) is 0. The fourth-order valence-electron chi connectivity index (χ4n) is 6.35. The van der Waals surface area contributed by atoms with Crippen LogP contribution in [0.15, 0.2) is 35.5 Å². The molecule has 3 aliphatic rings. The van der Waals surface area contributed by atoms with Gasteiger partial charge in [0.1, 0.15) is 0 Å². The molecule has 0 N–H and O–H groups in total. The van der Waals surface area contributed by atoms with E-state index in [1.54, 1.807) is 11.1 Å². The van der Waals surface area contributed by atoms with Crippen molar-refractivity contribution in [1.29, 1.82) is 0 Å². The number of hydrogen-bond acceptors (Lipinski definition) is 0. The predicted octanol–water partition coefficient (Wildman–Crippen LogP) is 9.04. The van der Waals surface area contributed by atoms with E-state index >= 15 is 0 Å². The highest BCUT2D eigenvalue weighted by molar-refractivity contribution is 5.25. The lowest BCUT2D eigenvalue weighted by Crippen LogP contribution is -2.33. The lowest BCUT2D eigenvalue weighted by atomic mass is 9.63. The molecule has 158 valence electrons. The molecular weight excluding hydrogens is 336 g/mol. The third-order valence-corrected chi connectivity index (χ3v) is 8.25. The number of rotatable bonds is 5. The lowest BCUT2D eigenvalue weighted by Gasteiger charge is -2.42. The fraction of sp³-hybridized carbons (Fsp3) is 0.786. The van der Waals surface area contributed by atoms with Gasteiger partial charge in [0.2, 0.25) is 0 Å². The van der Waals surface area contributed by atoms with Gasteiger partial charge < -0.3 is 0 Å². The molecule has 3 fully saturated rings. The zero-order valence-electron chi connectivity index (χ0n) is 19.5. The molecule has 3 rings (SSSR count). The minimum absolute atomic E-state index is 0.419. The van der Waals surface area contributed by atoms with Crippen LogP contribution in [0.5, 0.6) is 0 Å². The normalized spacial score (nSPS) is 37.1. The highest BCUT2D eigenvalue weighted by atomic mass is 14.5. The Morgan fingerprint density at radius 1 is 1.00 bits per heavy atom. The molecule has 0 spiro atoms. The predicted molar refractivity (Wildman–Crippen MR) is 124 cm³/mol. The zero-order chi connectivity index (χ0) is 20.2. The second kappa shape index (κ2) is 9.36. The quantitative estimate of drug-likeness (QED) is 0.416. The molecule has 0 heteroatoms. The van der Waals surface area contributed by atoms with Gasteiger partial charge in [-0.15, -0.1) is 0 Å². The summed E-state index contributed by atoms with van der Waals surface area (Å²) >= 11 is 0. The van der Waals surface area contributed by atoms with Gasteiger partial charge in [-0.3, -0.25) is 0 Å². The molecule has 4 atom stereocenters. The van der Waals surface area contributed by atoms with Gasteiger partial charge in [0.15, 0.2) is 0 Å². The zero-order valence-corrected chi connectivity index (χ0v) is 19.5. The third kappa shape index (κ3) is 5.43. The first-order chi connectivity index (χ1) is 13.3. The van der Waals surface area contributed by atoms with Crippen LogP contribution in [-0.4, -0.2) is 0 Å². The Labute approximate surface area is 176 Å². The monoisotopic (exact) mass is 382 g/mol. The third-order valence-electron chi connectivity index (χ3n) is 8.25. The maximum absolute atomic E-state index is 2.63. The van der Waals surface area contributed by atoms with Crippen LogP contribution in [0, 0.1) is 28.6 Å². The van der Waals surface area contributed by atoms with Crippen LogP contribution in [0.2, 0.25) is 0 Å². The second-order valence-electron chi connectivity index (χ2n) is 11.6. The molecule has 0 nitrogen and oxygen atoms in total. The largest absolute Gasteiger partial charge is 0.0882 e. The van der Waals surface area contributed by atoms with E-state index in [1.807, 2.05) is 0 Å². The fourth-order valence-corrected chi connectivity index (χ4v) is 6.35. The van der Waals surface area contributed by atoms with Crippen molar-refractivity contribution in [2.75, 3.05) is 0 Å². The first-order valence-electron chi connectivity index (χ1n) is 12.4. The van der Waals surface area contributed by atoms with E-state index < -0.39 is 0 Å². The minimum Gasteiger partial charge on any atom is -0.0882 e. The molecule has 0 aromatic rings. The van der Waals surface area contributed by atoms with Gasteiger partial charge in [-0.2, -0.15) is 0 Å². The Morgan fingerprint density at radius 2 is 1.82 bits per heavy atom. The van der Waals surface area contributed by atoms with Gasteiger partial charge >= 0.3 is 0 Å². The van der Waals surface area contributed by atoms with Crippen molar-refractivity contribution >= 4 is 0 Å². The highest BCUT2D eigenvalue weighted by Gasteiger charge is 2.48. The first kappa shape index (κ1) is 21.9. The van der Waals surface area contributed by atoms with Crippen molar-refractivity contribution in [2.24, 2.45) is 28.6 Å². The Kier molecular flexibility index (Phi) is 7.32. The molecule has 28 heavy (non-hydrogen) atoms. The van der Waals surface area contributed by atoms with Gasteiger partial charge in [0, 0.05) is 0 Å². The highest BCUT2D eigenvalue weighted by Crippen LogP contribution is 2.58. The molecule has 0 aliphatic heterocycles. The average molecular weight is 383 g/mol. The van der Waals surface area contributed by atoms with Crippen molar-refractivity contribution in [3.05, 3.63) is 35.5 Å². The Morgan fingerprint density at radius 3 is 2.57 bits per heavy atom. The van der Waals surface area contributed by atoms with Crippen molar-refractivity contribution in [2.45, 2.75) is 112 Å². The van der Waals surface area contributed by atoms with E-state index in [-0.39, 0.29) is 0 Å². The van der Waals surface area contributed by atoms with E-state index in [1.165, 1.54) is 77.0 Å². The van der Waals surface area contributed by atoms with E-state index in [9.17, 15) is 0 Å². The minimum atomic E-state index is 0.419. The summed E-state index contributed by atoms with van der Waals surface area (Å²) in [4.78, 5) is 0. The van der Waals surface area contributed by atoms with Crippen LogP contribution in [0.1, 0.15) is 112 Å². The molecule has 0 radical (unpaired) electrons. The Bertz CT molecular complexity index is 596.